The predicted molar refractivity (Wildman–Crippen MR) is 303 cm³/mol. The second kappa shape index (κ2) is 48.4. The van der Waals surface area contributed by atoms with Gasteiger partial charge in [-0.2, -0.15) is 86.4 Å². The van der Waals surface area contributed by atoms with Gasteiger partial charge in [0.05, 0.1) is 178 Å². The highest BCUT2D eigenvalue weighted by molar-refractivity contribution is 7.99. The van der Waals surface area contributed by atoms with Gasteiger partial charge >= 0.3 is 47.6 Å². The monoisotopic (exact) mass is 1490 g/mol. The molecule has 0 aliphatic carbocycles. The number of thioether (sulfide) groups is 1. The van der Waals surface area contributed by atoms with E-state index in [0.717, 1.165) is 0 Å². The van der Waals surface area contributed by atoms with Crippen molar-refractivity contribution in [2.45, 2.75) is 127 Å². The first-order chi connectivity index (χ1) is 45.2. The zero-order valence-corrected chi connectivity index (χ0v) is 53.1. The van der Waals surface area contributed by atoms with Gasteiger partial charge in [-0.3, -0.25) is 0 Å². The first-order valence-corrected chi connectivity index (χ1v) is 30.4. The van der Waals surface area contributed by atoms with Gasteiger partial charge in [0.15, 0.2) is 0 Å². The van der Waals surface area contributed by atoms with Crippen molar-refractivity contribution in [2.24, 2.45) is 0 Å². The van der Waals surface area contributed by atoms with E-state index in [2.05, 4.69) is 19.7 Å². The summed E-state index contributed by atoms with van der Waals surface area (Å²) in [6.07, 6.45) is -22.2. The van der Waals surface area contributed by atoms with E-state index in [-0.39, 0.29) is 91.0 Å². The minimum absolute atomic E-state index is 0.00752. The van der Waals surface area contributed by atoms with Crippen LogP contribution in [0.3, 0.4) is 0 Å². The van der Waals surface area contributed by atoms with Crippen molar-refractivity contribution in [1.82, 2.24) is 0 Å². The van der Waals surface area contributed by atoms with Gasteiger partial charge in [-0.1, -0.05) is 18.2 Å². The molecule has 42 heteroatoms. The van der Waals surface area contributed by atoms with Gasteiger partial charge in [-0.15, -0.1) is 19.7 Å². The van der Waals surface area contributed by atoms with Crippen LogP contribution in [0.15, 0.2) is 38.0 Å². The number of hydrogen-bond donors (Lipinski definition) is 10. The second-order valence-electron chi connectivity index (χ2n) is 21.2. The molecule has 0 aromatic carbocycles. The maximum absolute atomic E-state index is 14.9. The van der Waals surface area contributed by atoms with Crippen molar-refractivity contribution >= 4 is 11.8 Å². The second-order valence-corrected chi connectivity index (χ2v) is 22.3. The van der Waals surface area contributed by atoms with Crippen LogP contribution in [0.5, 0.6) is 0 Å². The van der Waals surface area contributed by atoms with Gasteiger partial charge in [0.1, 0.15) is 67.1 Å². The summed E-state index contributed by atoms with van der Waals surface area (Å²) in [6.45, 7) is 0.349. The quantitative estimate of drug-likeness (QED) is 0.0237. The van der Waals surface area contributed by atoms with Crippen molar-refractivity contribution in [2.75, 3.05) is 183 Å². The maximum Gasteiger partial charge on any atom is 0.460 e. The van der Waals surface area contributed by atoms with E-state index >= 15 is 0 Å². The van der Waals surface area contributed by atoms with Crippen LogP contribution in [0.25, 0.3) is 0 Å². The lowest BCUT2D eigenvalue weighted by molar-refractivity contribution is -0.461. The van der Waals surface area contributed by atoms with Gasteiger partial charge in [0.25, 0.3) is 0 Å². The fourth-order valence-electron chi connectivity index (χ4n) is 6.94. The van der Waals surface area contributed by atoms with Crippen LogP contribution in [-0.2, 0) is 66.3 Å². The zero-order valence-electron chi connectivity index (χ0n) is 52.3. The minimum atomic E-state index is -8.81. The van der Waals surface area contributed by atoms with Crippen LogP contribution in [-0.4, -0.2) is 355 Å². The number of hydrogen-bond acceptors (Lipinski definition) is 25. The van der Waals surface area contributed by atoms with E-state index in [1.54, 1.807) is 0 Å². The van der Waals surface area contributed by atoms with E-state index in [1.165, 1.54) is 18.2 Å². The Morgan fingerprint density at radius 1 is 0.289 bits per heavy atom. The first-order valence-electron chi connectivity index (χ1n) is 29.2. The third-order valence-corrected chi connectivity index (χ3v) is 13.1. The molecule has 24 nitrogen and oxygen atoms in total. The number of halogens is 17. The molecule has 0 fully saturated rings. The molecule has 12 atom stereocenters. The third-order valence-electron chi connectivity index (χ3n) is 12.0. The zero-order chi connectivity index (χ0) is 74.2. The van der Waals surface area contributed by atoms with Gasteiger partial charge in [0, 0.05) is 12.2 Å². The summed E-state index contributed by atoms with van der Waals surface area (Å²) in [4.78, 5) is 0. The standard InChI is InChI=1S/C55H89F17O24S/c1-4-8-83-14-37(75)17-87-20-40(78)21-88-22-41(79)23-91-30-45(94-27-42(80)24-86-13-36(74)12-73)31-92-32-46(95-28-43(81)25-89-18-38(76)15-84-9-5-2)33-93-34-47(96-29-44(82)26-90-19-39(77)16-85-10-6-3)35-97-11-7-48(56,57)49(58,59)50(60,61)51(62,63)52(64,65)53(66,67)54(68,69)55(70,71)72/h4-6,36-47,73-82H,1-3,7-35H2/t36?,37?,38?,39?,40?,41?,42-,43?,44?,45?,46?,47-/m0/s1. The number of ether oxygens (including phenoxy) is 14. The van der Waals surface area contributed by atoms with E-state index < -0.39 is 231 Å². The molecule has 0 aromatic heterocycles. The molecule has 0 saturated heterocycles. The Morgan fingerprint density at radius 3 is 0.804 bits per heavy atom. The van der Waals surface area contributed by atoms with E-state index in [4.69, 9.17) is 71.4 Å². The molecule has 10 unspecified atom stereocenters. The molecule has 0 aliphatic heterocycles. The highest BCUT2D eigenvalue weighted by Crippen LogP contribution is 2.64. The Hall–Kier alpha value is -2.58. The number of aliphatic hydroxyl groups is 10. The van der Waals surface area contributed by atoms with E-state index in [0.29, 0.717) is 0 Å². The van der Waals surface area contributed by atoms with Crippen molar-refractivity contribution in [3.63, 3.8) is 0 Å². The Balaban J connectivity index is 6.63. The number of rotatable bonds is 65. The van der Waals surface area contributed by atoms with Crippen LogP contribution in [0.4, 0.5) is 74.6 Å². The summed E-state index contributed by atoms with van der Waals surface area (Å²) >= 11 is -0.00752. The number of alkyl halides is 17. The largest absolute Gasteiger partial charge is 0.460 e. The third kappa shape index (κ3) is 35.4. The normalized spacial score (nSPS) is 17.2. The fourth-order valence-corrected chi connectivity index (χ4v) is 7.96. The molecule has 0 aliphatic rings. The van der Waals surface area contributed by atoms with Crippen molar-refractivity contribution in [3.05, 3.63) is 38.0 Å². The lowest BCUT2D eigenvalue weighted by Gasteiger charge is -2.42. The van der Waals surface area contributed by atoms with Crippen LogP contribution >= 0.6 is 11.8 Å². The molecule has 0 amide bonds. The van der Waals surface area contributed by atoms with Gasteiger partial charge in [0.2, 0.25) is 0 Å². The van der Waals surface area contributed by atoms with Crippen LogP contribution < -0.4 is 0 Å². The summed E-state index contributed by atoms with van der Waals surface area (Å²) in [7, 11) is 0. The van der Waals surface area contributed by atoms with Crippen molar-refractivity contribution in [1.29, 1.82) is 0 Å². The van der Waals surface area contributed by atoms with Gasteiger partial charge < -0.3 is 117 Å². The average molecular weight is 1490 g/mol. The Bertz CT molecular complexity index is 2040. The van der Waals surface area contributed by atoms with Gasteiger partial charge in [-0.05, 0) is 5.75 Å². The molecule has 97 heavy (non-hydrogen) atoms. The summed E-state index contributed by atoms with van der Waals surface area (Å²) < 4.78 is 312. The maximum atomic E-state index is 14.9. The SMILES string of the molecule is C=CCOCC(O)COCC(O)COCC(O)COCC(COCC(COC[C@@H](CSCCC(F)(F)C(F)(F)C(F)(F)C(F)(F)C(F)(F)C(F)(F)C(F)(F)C(F)(F)F)OCC(O)COCC(O)COCC=C)OCC(O)COCC(O)COCC=C)OC[C@@H](O)COCC(O)CO. The molecule has 0 radical (unpaired) electrons. The summed E-state index contributed by atoms with van der Waals surface area (Å²) in [5.74, 6) is -60.1. The van der Waals surface area contributed by atoms with Crippen LogP contribution in [0, 0.1) is 0 Å². The Morgan fingerprint density at radius 2 is 0.515 bits per heavy atom. The fraction of sp³-hybridized carbons (Fsp3) is 0.891. The molecule has 0 saturated carbocycles. The molecule has 10 N–H and O–H groups in total. The topological polar surface area (TPSA) is 332 Å². The molecule has 578 valence electrons. The Labute approximate surface area is 551 Å². The molecule has 0 heterocycles. The van der Waals surface area contributed by atoms with Crippen molar-refractivity contribution < 1.29 is 192 Å². The first kappa shape index (κ1) is 94.4. The van der Waals surface area contributed by atoms with Crippen LogP contribution in [0.2, 0.25) is 0 Å². The Kier molecular flexibility index (Phi) is 47.1. The highest BCUT2D eigenvalue weighted by atomic mass is 32.2. The molecule has 0 aromatic rings. The molecule has 0 bridgehead atoms. The predicted octanol–water partition coefficient (Wildman–Crippen LogP) is 2.26. The number of aliphatic hydroxyl groups excluding tert-OH is 10. The molecular formula is C55H89F17O24S. The van der Waals surface area contributed by atoms with E-state index in [9.17, 15) is 121 Å². The van der Waals surface area contributed by atoms with E-state index in [1.807, 2.05) is 0 Å². The molecular weight excluding hydrogens is 1400 g/mol. The average Bonchev–Trinajstić information content (AvgIpc) is 0.698. The van der Waals surface area contributed by atoms with Crippen LogP contribution in [0.1, 0.15) is 6.42 Å². The molecule has 0 spiro atoms. The summed E-state index contributed by atoms with van der Waals surface area (Å²) in [5, 5.41) is 101. The highest BCUT2D eigenvalue weighted by Gasteiger charge is 2.95. The molecule has 0 rings (SSSR count). The van der Waals surface area contributed by atoms with Crippen molar-refractivity contribution in [3.8, 4) is 0 Å². The lowest BCUT2D eigenvalue weighted by atomic mass is 9.88. The lowest BCUT2D eigenvalue weighted by Crippen LogP contribution is -2.74. The summed E-state index contributed by atoms with van der Waals surface area (Å²) in [5.41, 5.74) is 0. The minimum Gasteiger partial charge on any atom is -0.394 e. The van der Waals surface area contributed by atoms with Gasteiger partial charge in [-0.25, -0.2) is 0 Å². The summed E-state index contributed by atoms with van der Waals surface area (Å²) in [6, 6.07) is 0. The smallest absolute Gasteiger partial charge is 0.394 e.